The zero-order valence-corrected chi connectivity index (χ0v) is 19.4. The summed E-state index contributed by atoms with van der Waals surface area (Å²) in [7, 11) is -5.92. The van der Waals surface area contributed by atoms with Crippen LogP contribution < -0.4 is 0 Å². The largest absolute Gasteiger partial charge is 0.465 e. The van der Waals surface area contributed by atoms with Crippen LogP contribution in [0, 0.1) is 22.7 Å². The van der Waals surface area contributed by atoms with E-state index in [1.54, 1.807) is 13.8 Å². The number of rotatable bonds is 9. The molecule has 0 heterocycles. The molecule has 0 spiro atoms. The van der Waals surface area contributed by atoms with Crippen LogP contribution in [0.3, 0.4) is 0 Å². The van der Waals surface area contributed by atoms with Gasteiger partial charge in [0.05, 0.1) is 17.4 Å². The zero-order chi connectivity index (χ0) is 24.2. The standard InChI is InChI=1S/C21H31F3O7S/c1-4-18(2,3)16(25)31-20-10-13-7-14(11-20)9-19(8-13,12-20)17(26)30-6-5-15(22)21(23,24)32(27,28)29/h13-15H,4-12H2,1-3H3,(H,27,28,29). The van der Waals surface area contributed by atoms with Crippen molar-refractivity contribution in [1.82, 2.24) is 0 Å². The monoisotopic (exact) mass is 484 g/mol. The lowest BCUT2D eigenvalue weighted by Crippen LogP contribution is -2.60. The maximum absolute atomic E-state index is 13.7. The Balaban J connectivity index is 1.67. The average Bonchev–Trinajstić information content (AvgIpc) is 2.65. The predicted molar refractivity (Wildman–Crippen MR) is 107 cm³/mol. The first kappa shape index (κ1) is 25.3. The van der Waals surface area contributed by atoms with Gasteiger partial charge in [-0.1, -0.05) is 6.92 Å². The van der Waals surface area contributed by atoms with Crippen molar-refractivity contribution in [3.8, 4) is 0 Å². The number of carbonyl (C=O) groups excluding carboxylic acids is 2. The Morgan fingerprint density at radius 3 is 2.22 bits per heavy atom. The van der Waals surface area contributed by atoms with Gasteiger partial charge in [-0.15, -0.1) is 0 Å². The minimum absolute atomic E-state index is 0.166. The number of alkyl halides is 3. The van der Waals surface area contributed by atoms with Crippen LogP contribution in [0.2, 0.25) is 0 Å². The molecule has 0 aliphatic heterocycles. The Morgan fingerprint density at radius 1 is 1.16 bits per heavy atom. The van der Waals surface area contributed by atoms with E-state index in [0.717, 1.165) is 6.42 Å². The van der Waals surface area contributed by atoms with Gasteiger partial charge in [0.2, 0.25) is 0 Å². The Morgan fingerprint density at radius 2 is 1.72 bits per heavy atom. The van der Waals surface area contributed by atoms with E-state index in [1.165, 1.54) is 0 Å². The molecule has 4 rings (SSSR count). The molecule has 4 fully saturated rings. The highest BCUT2D eigenvalue weighted by molar-refractivity contribution is 7.86. The predicted octanol–water partition coefficient (Wildman–Crippen LogP) is 4.06. The summed E-state index contributed by atoms with van der Waals surface area (Å²) in [5.74, 6) is -0.652. The first-order chi connectivity index (χ1) is 14.6. The van der Waals surface area contributed by atoms with Crippen molar-refractivity contribution in [2.75, 3.05) is 6.61 Å². The van der Waals surface area contributed by atoms with Gasteiger partial charge in [-0.05, 0) is 64.2 Å². The smallest absolute Gasteiger partial charge is 0.400 e. The molecule has 3 atom stereocenters. The van der Waals surface area contributed by atoms with E-state index < -0.39 is 57.0 Å². The van der Waals surface area contributed by atoms with Crippen LogP contribution >= 0.6 is 0 Å². The Labute approximate surface area is 186 Å². The maximum atomic E-state index is 13.7. The van der Waals surface area contributed by atoms with Crippen LogP contribution in [0.1, 0.15) is 72.1 Å². The number of halogens is 3. The molecule has 0 amide bonds. The van der Waals surface area contributed by atoms with Crippen LogP contribution in [0.5, 0.6) is 0 Å². The summed E-state index contributed by atoms with van der Waals surface area (Å²) in [4.78, 5) is 25.7. The van der Waals surface area contributed by atoms with Crippen molar-refractivity contribution in [2.24, 2.45) is 22.7 Å². The third kappa shape index (κ3) is 4.51. The van der Waals surface area contributed by atoms with Gasteiger partial charge in [0, 0.05) is 12.8 Å². The first-order valence-electron chi connectivity index (χ1n) is 11.0. The summed E-state index contributed by atoms with van der Waals surface area (Å²) in [6.07, 6.45) is -0.125. The Bertz CT molecular complexity index is 857. The molecule has 4 bridgehead atoms. The molecule has 32 heavy (non-hydrogen) atoms. The number of hydrogen-bond acceptors (Lipinski definition) is 6. The zero-order valence-electron chi connectivity index (χ0n) is 18.5. The SMILES string of the molecule is CCC(C)(C)C(=O)OC12CC3CC(C1)CC(C(=O)OCCC(F)C(F)(F)S(=O)(=O)O)(C3)C2. The molecule has 0 aromatic heterocycles. The van der Waals surface area contributed by atoms with E-state index in [2.05, 4.69) is 0 Å². The molecule has 1 N–H and O–H groups in total. The van der Waals surface area contributed by atoms with Gasteiger partial charge in [0.25, 0.3) is 0 Å². The lowest BCUT2D eigenvalue weighted by molar-refractivity contribution is -0.218. The first-order valence-corrected chi connectivity index (χ1v) is 12.4. The summed E-state index contributed by atoms with van der Waals surface area (Å²) < 4.78 is 81.3. The lowest BCUT2D eigenvalue weighted by atomic mass is 9.48. The molecule has 0 saturated heterocycles. The van der Waals surface area contributed by atoms with E-state index >= 15 is 0 Å². The fourth-order valence-electron chi connectivity index (χ4n) is 5.75. The van der Waals surface area contributed by atoms with Crippen LogP contribution in [0.15, 0.2) is 0 Å². The van der Waals surface area contributed by atoms with Crippen molar-refractivity contribution in [3.63, 3.8) is 0 Å². The fraction of sp³-hybridized carbons (Fsp3) is 0.905. The van der Waals surface area contributed by atoms with Crippen LogP contribution in [0.4, 0.5) is 13.2 Å². The summed E-state index contributed by atoms with van der Waals surface area (Å²) in [5, 5.41) is -4.98. The molecule has 4 aliphatic rings. The van der Waals surface area contributed by atoms with Gasteiger partial charge >= 0.3 is 27.3 Å². The van der Waals surface area contributed by atoms with Gasteiger partial charge < -0.3 is 9.47 Å². The number of carbonyl (C=O) groups is 2. The fourth-order valence-corrected chi connectivity index (χ4v) is 6.19. The summed E-state index contributed by atoms with van der Waals surface area (Å²) in [5.41, 5.74) is -2.36. The normalized spacial score (nSPS) is 33.1. The second kappa shape index (κ2) is 8.14. The Kier molecular flexibility index (Phi) is 6.43. The van der Waals surface area contributed by atoms with E-state index in [1.807, 2.05) is 6.92 Å². The maximum Gasteiger partial charge on any atom is 0.400 e. The minimum atomic E-state index is -5.92. The summed E-state index contributed by atoms with van der Waals surface area (Å²) >= 11 is 0. The van der Waals surface area contributed by atoms with Crippen LogP contribution in [-0.4, -0.2) is 48.5 Å². The molecule has 4 saturated carbocycles. The number of esters is 2. The highest BCUT2D eigenvalue weighted by Crippen LogP contribution is 2.63. The van der Waals surface area contributed by atoms with E-state index in [4.69, 9.17) is 14.0 Å². The van der Waals surface area contributed by atoms with Gasteiger partial charge in [0.15, 0.2) is 6.17 Å². The molecular formula is C21H31F3O7S. The van der Waals surface area contributed by atoms with Crippen molar-refractivity contribution >= 4 is 22.1 Å². The molecule has 0 aromatic rings. The average molecular weight is 485 g/mol. The second-order valence-corrected chi connectivity index (χ2v) is 12.0. The molecule has 11 heteroatoms. The van der Waals surface area contributed by atoms with Crippen molar-refractivity contribution < 1.29 is 45.2 Å². The number of ether oxygens (including phenoxy) is 2. The van der Waals surface area contributed by atoms with Crippen LogP contribution in [0.25, 0.3) is 0 Å². The highest BCUT2D eigenvalue weighted by Gasteiger charge is 2.63. The lowest BCUT2D eigenvalue weighted by Gasteiger charge is -2.60. The quantitative estimate of drug-likeness (QED) is 0.389. The molecule has 0 aromatic carbocycles. The highest BCUT2D eigenvalue weighted by atomic mass is 32.2. The molecule has 0 radical (unpaired) electrons. The van der Waals surface area contributed by atoms with Crippen molar-refractivity contribution in [2.45, 2.75) is 89.2 Å². The minimum Gasteiger partial charge on any atom is -0.465 e. The molecular weight excluding hydrogens is 453 g/mol. The summed E-state index contributed by atoms with van der Waals surface area (Å²) in [6, 6.07) is 0. The molecule has 4 aliphatic carbocycles. The van der Waals surface area contributed by atoms with E-state index in [-0.39, 0.29) is 24.2 Å². The van der Waals surface area contributed by atoms with Crippen molar-refractivity contribution in [1.29, 1.82) is 0 Å². The summed E-state index contributed by atoms with van der Waals surface area (Å²) in [6.45, 7) is 4.74. The van der Waals surface area contributed by atoms with E-state index in [9.17, 15) is 31.2 Å². The second-order valence-electron chi connectivity index (χ2n) is 10.5. The molecule has 7 nitrogen and oxygen atoms in total. The molecule has 184 valence electrons. The van der Waals surface area contributed by atoms with Gasteiger partial charge in [-0.2, -0.15) is 17.2 Å². The van der Waals surface area contributed by atoms with Crippen LogP contribution in [-0.2, 0) is 29.2 Å². The molecule has 3 unspecified atom stereocenters. The number of hydrogen-bond donors (Lipinski definition) is 1. The van der Waals surface area contributed by atoms with Gasteiger partial charge in [0.1, 0.15) is 5.60 Å². The third-order valence-electron chi connectivity index (χ3n) is 7.50. The topological polar surface area (TPSA) is 107 Å². The third-order valence-corrected chi connectivity index (χ3v) is 8.44. The Hall–Kier alpha value is -1.36. The van der Waals surface area contributed by atoms with Crippen molar-refractivity contribution in [3.05, 3.63) is 0 Å². The van der Waals surface area contributed by atoms with Gasteiger partial charge in [-0.3, -0.25) is 14.1 Å². The van der Waals surface area contributed by atoms with Gasteiger partial charge in [-0.25, -0.2) is 4.39 Å². The van der Waals surface area contributed by atoms with E-state index in [0.29, 0.717) is 32.1 Å².